The number of fused-ring (bicyclic) bond motifs is 1. The van der Waals surface area contributed by atoms with Crippen LogP contribution in [0.25, 0.3) is 23.1 Å². The number of carbonyl (C=O) groups excluding carboxylic acids is 1. The number of carbonyl (C=O) groups is 1. The molecule has 2 N–H and O–H groups in total. The molecule has 172 valence electrons. The van der Waals surface area contributed by atoms with Crippen molar-refractivity contribution in [3.8, 4) is 0 Å². The largest absolute Gasteiger partial charge is 0.319 e. The Kier molecular flexibility index (Phi) is 6.86. The maximum Gasteiger partial charge on any atom is 0.256 e. The molecule has 3 aromatic carbocycles. The van der Waals surface area contributed by atoms with Crippen molar-refractivity contribution in [3.05, 3.63) is 112 Å². The van der Waals surface area contributed by atoms with Crippen molar-refractivity contribution < 1.29 is 4.79 Å². The van der Waals surface area contributed by atoms with Gasteiger partial charge in [0.15, 0.2) is 0 Å². The van der Waals surface area contributed by atoms with Gasteiger partial charge in [0.2, 0.25) is 0 Å². The summed E-state index contributed by atoms with van der Waals surface area (Å²) in [7, 11) is 0. The fourth-order valence-electron chi connectivity index (χ4n) is 3.52. The fourth-order valence-corrected chi connectivity index (χ4v) is 4.99. The molecule has 5 aromatic rings. The van der Waals surface area contributed by atoms with Crippen LogP contribution in [0.2, 0.25) is 10.0 Å². The highest BCUT2D eigenvalue weighted by Gasteiger charge is 2.16. The van der Waals surface area contributed by atoms with E-state index in [1.54, 1.807) is 30.5 Å². The number of pyridine rings is 1. The maximum atomic E-state index is 13.1. The maximum absolute atomic E-state index is 13.1. The van der Waals surface area contributed by atoms with E-state index < -0.39 is 0 Å². The first-order valence-corrected chi connectivity index (χ1v) is 12.3. The number of hydrogen-bond donors (Lipinski definition) is 2. The molecule has 35 heavy (non-hydrogen) atoms. The van der Waals surface area contributed by atoms with Crippen LogP contribution in [-0.4, -0.2) is 21.1 Å². The molecular weight excluding hydrogens is 499 g/mol. The van der Waals surface area contributed by atoms with Gasteiger partial charge in [-0.25, -0.2) is 0 Å². The molecule has 0 atom stereocenters. The predicted octanol–water partition coefficient (Wildman–Crippen LogP) is 7.84. The van der Waals surface area contributed by atoms with Crippen LogP contribution in [0.5, 0.6) is 0 Å². The number of aromatic nitrogens is 3. The van der Waals surface area contributed by atoms with E-state index in [1.807, 2.05) is 66.7 Å². The second-order valence-electron chi connectivity index (χ2n) is 7.55. The van der Waals surface area contributed by atoms with E-state index in [2.05, 4.69) is 20.5 Å². The van der Waals surface area contributed by atoms with Gasteiger partial charge in [0.1, 0.15) is 0 Å². The summed E-state index contributed by atoms with van der Waals surface area (Å²) in [5, 5.41) is 12.1. The van der Waals surface area contributed by atoms with Crippen LogP contribution < -0.4 is 5.32 Å². The molecule has 0 saturated heterocycles. The number of halogens is 2. The molecular formula is C27H18Cl2N4OS. The molecule has 5 nitrogen and oxygen atoms in total. The number of H-pyrrole nitrogens is 1. The molecule has 0 aliphatic carbocycles. The Morgan fingerprint density at radius 3 is 2.51 bits per heavy atom. The van der Waals surface area contributed by atoms with Gasteiger partial charge in [-0.3, -0.25) is 14.9 Å². The number of amides is 1. The Bertz CT molecular complexity index is 1530. The monoisotopic (exact) mass is 516 g/mol. The second-order valence-corrected chi connectivity index (χ2v) is 9.48. The van der Waals surface area contributed by atoms with Gasteiger partial charge in [-0.1, -0.05) is 59.2 Å². The third-order valence-electron chi connectivity index (χ3n) is 5.22. The summed E-state index contributed by atoms with van der Waals surface area (Å²) in [6.07, 6.45) is 5.62. The van der Waals surface area contributed by atoms with Crippen molar-refractivity contribution in [2.45, 2.75) is 9.79 Å². The van der Waals surface area contributed by atoms with Crippen LogP contribution in [-0.2, 0) is 0 Å². The minimum absolute atomic E-state index is 0.285. The van der Waals surface area contributed by atoms with Crippen LogP contribution in [0.4, 0.5) is 5.69 Å². The molecule has 5 rings (SSSR count). The molecule has 0 aliphatic rings. The number of anilines is 1. The lowest BCUT2D eigenvalue weighted by atomic mass is 10.2. The minimum atomic E-state index is -0.285. The number of benzene rings is 3. The van der Waals surface area contributed by atoms with E-state index in [0.29, 0.717) is 21.3 Å². The van der Waals surface area contributed by atoms with Gasteiger partial charge in [0, 0.05) is 21.4 Å². The van der Waals surface area contributed by atoms with Crippen LogP contribution in [0.1, 0.15) is 21.7 Å². The normalized spacial score (nSPS) is 11.3. The van der Waals surface area contributed by atoms with Gasteiger partial charge >= 0.3 is 0 Å². The van der Waals surface area contributed by atoms with E-state index in [9.17, 15) is 4.79 Å². The van der Waals surface area contributed by atoms with Crippen molar-refractivity contribution in [2.75, 3.05) is 5.32 Å². The standard InChI is InChI=1S/C27H18Cl2N4OS/c28-21-8-5-9-22(29)26(21)31-27(34)20-7-1-2-10-25(20)35-18-12-13-19-23(32-33-24(19)16-18)14-11-17-6-3-4-15-30-17/h1-16H,(H,31,34)(H,32,33)/b14-11+. The number of nitrogens with zero attached hydrogens (tertiary/aromatic N) is 2. The Balaban J connectivity index is 1.38. The lowest BCUT2D eigenvalue weighted by Crippen LogP contribution is -2.13. The zero-order chi connectivity index (χ0) is 24.2. The van der Waals surface area contributed by atoms with E-state index in [0.717, 1.165) is 32.1 Å². The number of hydrogen-bond acceptors (Lipinski definition) is 4. The molecule has 0 fully saturated rings. The predicted molar refractivity (Wildman–Crippen MR) is 144 cm³/mol. The zero-order valence-corrected chi connectivity index (χ0v) is 20.5. The first kappa shape index (κ1) is 23.2. The van der Waals surface area contributed by atoms with Crippen molar-refractivity contribution in [1.82, 2.24) is 15.2 Å². The Morgan fingerprint density at radius 1 is 0.914 bits per heavy atom. The Hall–Kier alpha value is -3.58. The summed E-state index contributed by atoms with van der Waals surface area (Å²) >= 11 is 13.9. The number of para-hydroxylation sites is 1. The third kappa shape index (κ3) is 5.25. The summed E-state index contributed by atoms with van der Waals surface area (Å²) in [4.78, 5) is 19.1. The summed E-state index contributed by atoms with van der Waals surface area (Å²) < 4.78 is 0. The first-order chi connectivity index (χ1) is 17.1. The van der Waals surface area contributed by atoms with Gasteiger partial charge in [-0.05, 0) is 66.7 Å². The van der Waals surface area contributed by atoms with Crippen LogP contribution in [0.15, 0.2) is 94.9 Å². The minimum Gasteiger partial charge on any atom is -0.319 e. The van der Waals surface area contributed by atoms with E-state index in [4.69, 9.17) is 23.2 Å². The molecule has 0 saturated carbocycles. The Morgan fingerprint density at radius 2 is 1.71 bits per heavy atom. The van der Waals surface area contributed by atoms with Gasteiger partial charge in [-0.2, -0.15) is 5.10 Å². The van der Waals surface area contributed by atoms with Gasteiger partial charge in [-0.15, -0.1) is 0 Å². The lowest BCUT2D eigenvalue weighted by Gasteiger charge is -2.12. The average molecular weight is 517 g/mol. The number of rotatable bonds is 6. The van der Waals surface area contributed by atoms with Gasteiger partial charge in [0.25, 0.3) is 5.91 Å². The molecule has 0 bridgehead atoms. The molecule has 1 amide bonds. The average Bonchev–Trinajstić information content (AvgIpc) is 3.28. The molecule has 0 radical (unpaired) electrons. The molecule has 0 unspecified atom stereocenters. The van der Waals surface area contributed by atoms with Crippen LogP contribution in [0.3, 0.4) is 0 Å². The first-order valence-electron chi connectivity index (χ1n) is 10.7. The van der Waals surface area contributed by atoms with E-state index in [-0.39, 0.29) is 5.91 Å². The summed E-state index contributed by atoms with van der Waals surface area (Å²) in [5.41, 5.74) is 3.52. The van der Waals surface area contributed by atoms with Gasteiger partial charge < -0.3 is 5.32 Å². The fraction of sp³-hybridized carbons (Fsp3) is 0. The lowest BCUT2D eigenvalue weighted by molar-refractivity contribution is 0.102. The Labute approximate surface area is 216 Å². The van der Waals surface area contributed by atoms with Crippen molar-refractivity contribution in [3.63, 3.8) is 0 Å². The highest BCUT2D eigenvalue weighted by atomic mass is 35.5. The molecule has 0 aliphatic heterocycles. The molecule has 2 aromatic heterocycles. The van der Waals surface area contributed by atoms with Crippen LogP contribution >= 0.6 is 35.0 Å². The highest BCUT2D eigenvalue weighted by Crippen LogP contribution is 2.35. The summed E-state index contributed by atoms with van der Waals surface area (Å²) in [6, 6.07) is 24.3. The quantitative estimate of drug-likeness (QED) is 0.241. The van der Waals surface area contributed by atoms with E-state index >= 15 is 0 Å². The smallest absolute Gasteiger partial charge is 0.256 e. The van der Waals surface area contributed by atoms with Crippen molar-refractivity contribution in [2.24, 2.45) is 0 Å². The second kappa shape index (κ2) is 10.4. The molecule has 8 heteroatoms. The topological polar surface area (TPSA) is 70.7 Å². The molecule has 2 heterocycles. The third-order valence-corrected chi connectivity index (χ3v) is 6.92. The molecule has 0 spiro atoms. The summed E-state index contributed by atoms with van der Waals surface area (Å²) in [6.45, 7) is 0. The highest BCUT2D eigenvalue weighted by molar-refractivity contribution is 7.99. The van der Waals surface area contributed by atoms with Gasteiger partial charge in [0.05, 0.1) is 38.2 Å². The SMILES string of the molecule is O=C(Nc1c(Cl)cccc1Cl)c1ccccc1Sc1ccc2c(/C=C/c3ccccn3)n[nH]c2c1. The van der Waals surface area contributed by atoms with Crippen molar-refractivity contribution in [1.29, 1.82) is 0 Å². The van der Waals surface area contributed by atoms with E-state index in [1.165, 1.54) is 11.8 Å². The zero-order valence-electron chi connectivity index (χ0n) is 18.2. The van der Waals surface area contributed by atoms with Crippen molar-refractivity contribution >= 4 is 69.6 Å². The summed E-state index contributed by atoms with van der Waals surface area (Å²) in [5.74, 6) is -0.285. The number of aromatic amines is 1. The number of nitrogens with one attached hydrogen (secondary N) is 2. The van der Waals surface area contributed by atoms with Crippen LogP contribution in [0, 0.1) is 0 Å².